The summed E-state index contributed by atoms with van der Waals surface area (Å²) >= 11 is 1.64. The molecule has 0 saturated heterocycles. The molecule has 0 unspecified atom stereocenters. The molecule has 110 valence electrons. The zero-order chi connectivity index (χ0) is 15.2. The number of nitrogens with zero attached hydrogens (tertiary/aromatic N) is 3. The van der Waals surface area contributed by atoms with Crippen LogP contribution in [0.2, 0.25) is 0 Å². The van der Waals surface area contributed by atoms with Crippen LogP contribution in [0.25, 0.3) is 43.9 Å². The SMILES string of the molecule is c1cnc2[nH]cc(-c3csc(-c4c[nH]c5ncccc45)n3)c2c1. The Hall–Kier alpha value is -2.99. The van der Waals surface area contributed by atoms with Crippen molar-refractivity contribution in [3.8, 4) is 21.8 Å². The van der Waals surface area contributed by atoms with E-state index in [1.165, 1.54) is 0 Å². The third-order valence-corrected chi connectivity index (χ3v) is 4.79. The van der Waals surface area contributed by atoms with Crippen molar-refractivity contribution in [2.24, 2.45) is 0 Å². The monoisotopic (exact) mass is 317 g/mol. The van der Waals surface area contributed by atoms with Crippen LogP contribution in [0, 0.1) is 0 Å². The average molecular weight is 317 g/mol. The average Bonchev–Trinajstić information content (AvgIpc) is 3.31. The van der Waals surface area contributed by atoms with Crippen LogP contribution in [0.3, 0.4) is 0 Å². The summed E-state index contributed by atoms with van der Waals surface area (Å²) in [5, 5.41) is 5.25. The predicted octanol–water partition coefficient (Wildman–Crippen LogP) is 4.23. The fourth-order valence-electron chi connectivity index (χ4n) is 2.82. The maximum Gasteiger partial charge on any atom is 0.137 e. The highest BCUT2D eigenvalue weighted by molar-refractivity contribution is 7.13. The molecule has 0 aliphatic carbocycles. The van der Waals surface area contributed by atoms with Gasteiger partial charge in [-0.25, -0.2) is 15.0 Å². The van der Waals surface area contributed by atoms with E-state index in [2.05, 4.69) is 37.4 Å². The molecule has 5 heterocycles. The smallest absolute Gasteiger partial charge is 0.137 e. The summed E-state index contributed by atoms with van der Waals surface area (Å²) in [5.41, 5.74) is 4.89. The standard InChI is InChI=1S/C17H11N5S/c1-3-10-12(7-20-15(10)18-5-1)14-9-23-17(22-14)13-8-21-16-11(13)4-2-6-19-16/h1-9H,(H,18,20)(H,19,21). The first kappa shape index (κ1) is 12.5. The molecule has 0 aromatic carbocycles. The van der Waals surface area contributed by atoms with Crippen molar-refractivity contribution in [2.75, 3.05) is 0 Å². The number of fused-ring (bicyclic) bond motifs is 2. The largest absolute Gasteiger partial charge is 0.345 e. The molecule has 0 amide bonds. The summed E-state index contributed by atoms with van der Waals surface area (Å²) in [6.07, 6.45) is 7.51. The summed E-state index contributed by atoms with van der Waals surface area (Å²) < 4.78 is 0. The fourth-order valence-corrected chi connectivity index (χ4v) is 3.67. The topological polar surface area (TPSA) is 70.2 Å². The van der Waals surface area contributed by atoms with Crippen LogP contribution in [0.1, 0.15) is 0 Å². The second-order valence-electron chi connectivity index (χ2n) is 5.24. The van der Waals surface area contributed by atoms with Crippen molar-refractivity contribution in [2.45, 2.75) is 0 Å². The Balaban J connectivity index is 1.66. The lowest BCUT2D eigenvalue weighted by molar-refractivity contribution is 1.32. The Morgan fingerprint density at radius 2 is 1.48 bits per heavy atom. The van der Waals surface area contributed by atoms with Gasteiger partial charge in [-0.15, -0.1) is 11.3 Å². The van der Waals surface area contributed by atoms with Gasteiger partial charge in [0, 0.05) is 52.1 Å². The Morgan fingerprint density at radius 1 is 0.826 bits per heavy atom. The van der Waals surface area contributed by atoms with Crippen molar-refractivity contribution in [1.29, 1.82) is 0 Å². The van der Waals surface area contributed by atoms with Gasteiger partial charge in [0.1, 0.15) is 16.3 Å². The van der Waals surface area contributed by atoms with Crippen molar-refractivity contribution in [3.05, 3.63) is 54.4 Å². The lowest BCUT2D eigenvalue weighted by Gasteiger charge is -1.94. The van der Waals surface area contributed by atoms with E-state index in [4.69, 9.17) is 4.98 Å². The van der Waals surface area contributed by atoms with Gasteiger partial charge >= 0.3 is 0 Å². The Morgan fingerprint density at radius 3 is 2.22 bits per heavy atom. The lowest BCUT2D eigenvalue weighted by atomic mass is 10.2. The first-order valence-electron chi connectivity index (χ1n) is 7.20. The zero-order valence-electron chi connectivity index (χ0n) is 11.9. The molecule has 23 heavy (non-hydrogen) atoms. The number of thiazole rings is 1. The number of H-pyrrole nitrogens is 2. The first-order valence-corrected chi connectivity index (χ1v) is 8.08. The number of pyridine rings is 2. The van der Waals surface area contributed by atoms with Crippen LogP contribution in [-0.2, 0) is 0 Å². The lowest BCUT2D eigenvalue weighted by Crippen LogP contribution is -1.78. The normalized spacial score (nSPS) is 11.5. The number of aromatic nitrogens is 5. The van der Waals surface area contributed by atoms with Crippen LogP contribution < -0.4 is 0 Å². The van der Waals surface area contributed by atoms with E-state index >= 15 is 0 Å². The van der Waals surface area contributed by atoms with Gasteiger partial charge in [-0.05, 0) is 24.3 Å². The number of hydrogen-bond acceptors (Lipinski definition) is 4. The van der Waals surface area contributed by atoms with Gasteiger partial charge in [-0.3, -0.25) is 0 Å². The molecule has 5 aromatic rings. The summed E-state index contributed by atoms with van der Waals surface area (Å²) in [5.74, 6) is 0. The number of aromatic amines is 2. The van der Waals surface area contributed by atoms with Gasteiger partial charge in [-0.2, -0.15) is 0 Å². The van der Waals surface area contributed by atoms with E-state index in [1.807, 2.05) is 24.5 Å². The van der Waals surface area contributed by atoms with E-state index in [-0.39, 0.29) is 0 Å². The van der Waals surface area contributed by atoms with Crippen molar-refractivity contribution in [1.82, 2.24) is 24.9 Å². The van der Waals surface area contributed by atoms with Gasteiger partial charge in [0.2, 0.25) is 0 Å². The molecule has 0 aliphatic rings. The third kappa shape index (κ3) is 1.89. The van der Waals surface area contributed by atoms with E-state index in [1.54, 1.807) is 23.7 Å². The van der Waals surface area contributed by atoms with Crippen LogP contribution in [-0.4, -0.2) is 24.9 Å². The van der Waals surface area contributed by atoms with Gasteiger partial charge in [-0.1, -0.05) is 0 Å². The molecule has 5 rings (SSSR count). The van der Waals surface area contributed by atoms with Crippen LogP contribution in [0.5, 0.6) is 0 Å². The van der Waals surface area contributed by atoms with E-state index < -0.39 is 0 Å². The molecule has 0 spiro atoms. The summed E-state index contributed by atoms with van der Waals surface area (Å²) in [6.45, 7) is 0. The van der Waals surface area contributed by atoms with Gasteiger partial charge < -0.3 is 9.97 Å². The van der Waals surface area contributed by atoms with Crippen LogP contribution >= 0.6 is 11.3 Å². The minimum absolute atomic E-state index is 0.883. The van der Waals surface area contributed by atoms with Crippen molar-refractivity contribution >= 4 is 33.4 Å². The molecule has 0 aliphatic heterocycles. The van der Waals surface area contributed by atoms with Crippen LogP contribution in [0.15, 0.2) is 54.4 Å². The maximum atomic E-state index is 4.82. The summed E-state index contributed by atoms with van der Waals surface area (Å²) in [6, 6.07) is 8.01. The van der Waals surface area contributed by atoms with Crippen molar-refractivity contribution in [3.63, 3.8) is 0 Å². The second kappa shape index (κ2) is 4.76. The Kier molecular flexibility index (Phi) is 2.59. The molecule has 6 heteroatoms. The summed E-state index contributed by atoms with van der Waals surface area (Å²) in [7, 11) is 0. The predicted molar refractivity (Wildman–Crippen MR) is 92.3 cm³/mol. The van der Waals surface area contributed by atoms with Crippen LogP contribution in [0.4, 0.5) is 0 Å². The highest BCUT2D eigenvalue weighted by Crippen LogP contribution is 2.34. The minimum Gasteiger partial charge on any atom is -0.345 e. The van der Waals surface area contributed by atoms with Gasteiger partial charge in [0.05, 0.1) is 5.69 Å². The minimum atomic E-state index is 0.883. The molecule has 5 nitrogen and oxygen atoms in total. The second-order valence-corrected chi connectivity index (χ2v) is 6.10. The molecule has 0 saturated carbocycles. The van der Waals surface area contributed by atoms with Gasteiger partial charge in [0.25, 0.3) is 0 Å². The molecular weight excluding hydrogens is 306 g/mol. The zero-order valence-corrected chi connectivity index (χ0v) is 12.8. The van der Waals surface area contributed by atoms with Crippen molar-refractivity contribution < 1.29 is 0 Å². The summed E-state index contributed by atoms with van der Waals surface area (Å²) in [4.78, 5) is 19.9. The van der Waals surface area contributed by atoms with Gasteiger partial charge in [0.15, 0.2) is 0 Å². The van der Waals surface area contributed by atoms with E-state index in [0.29, 0.717) is 0 Å². The third-order valence-electron chi connectivity index (χ3n) is 3.91. The highest BCUT2D eigenvalue weighted by Gasteiger charge is 2.14. The highest BCUT2D eigenvalue weighted by atomic mass is 32.1. The molecule has 5 aromatic heterocycles. The van der Waals surface area contributed by atoms with E-state index in [0.717, 1.165) is 43.9 Å². The number of rotatable bonds is 2. The quantitative estimate of drug-likeness (QED) is 0.512. The number of hydrogen-bond donors (Lipinski definition) is 2. The number of nitrogens with one attached hydrogen (secondary N) is 2. The fraction of sp³-hybridized carbons (Fsp3) is 0. The van der Waals surface area contributed by atoms with E-state index in [9.17, 15) is 0 Å². The molecule has 2 N–H and O–H groups in total. The molecule has 0 fully saturated rings. The molecule has 0 atom stereocenters. The first-order chi connectivity index (χ1) is 11.4. The maximum absolute atomic E-state index is 4.82. The Labute approximate surface area is 135 Å². The molecular formula is C17H11N5S. The Bertz CT molecular complexity index is 1050. The molecule has 0 radical (unpaired) electrons. The molecule has 0 bridgehead atoms.